The van der Waals surface area contributed by atoms with Gasteiger partial charge in [-0.15, -0.1) is 0 Å². The van der Waals surface area contributed by atoms with Gasteiger partial charge >= 0.3 is 0 Å². The van der Waals surface area contributed by atoms with E-state index in [0.29, 0.717) is 5.54 Å². The third-order valence-corrected chi connectivity index (χ3v) is 5.21. The van der Waals surface area contributed by atoms with E-state index >= 15 is 0 Å². The maximum Gasteiger partial charge on any atom is 0.0360 e. The van der Waals surface area contributed by atoms with Crippen molar-refractivity contribution < 1.29 is 0 Å². The average molecular weight is 224 g/mol. The van der Waals surface area contributed by atoms with Crippen molar-refractivity contribution in [2.45, 2.75) is 64.5 Å². The first kappa shape index (κ1) is 12.4. The molecule has 2 fully saturated rings. The highest BCUT2D eigenvalue weighted by Crippen LogP contribution is 2.43. The molecule has 1 heterocycles. The van der Waals surface area contributed by atoms with Gasteiger partial charge in [0.2, 0.25) is 0 Å². The number of piperidine rings is 1. The van der Waals surface area contributed by atoms with Gasteiger partial charge in [0, 0.05) is 24.7 Å². The maximum atomic E-state index is 6.16. The van der Waals surface area contributed by atoms with Gasteiger partial charge in [-0.05, 0) is 44.4 Å². The number of nitrogens with zero attached hydrogens (tertiary/aromatic N) is 1. The second-order valence-corrected chi connectivity index (χ2v) is 6.28. The predicted octanol–water partition coefficient (Wildman–Crippen LogP) is 2.62. The topological polar surface area (TPSA) is 29.3 Å². The van der Waals surface area contributed by atoms with Crippen LogP contribution in [-0.2, 0) is 0 Å². The molecule has 0 spiro atoms. The largest absolute Gasteiger partial charge is 0.329 e. The molecule has 2 nitrogen and oxygen atoms in total. The number of likely N-dealkylation sites (tertiary alicyclic amines) is 1. The summed E-state index contributed by atoms with van der Waals surface area (Å²) in [5, 5.41) is 0. The van der Waals surface area contributed by atoms with Gasteiger partial charge in [-0.1, -0.05) is 20.3 Å². The van der Waals surface area contributed by atoms with E-state index in [0.717, 1.165) is 24.4 Å². The summed E-state index contributed by atoms with van der Waals surface area (Å²) in [6.07, 6.45) is 6.81. The van der Waals surface area contributed by atoms with Crippen molar-refractivity contribution in [3.8, 4) is 0 Å². The minimum atomic E-state index is 0.327. The lowest BCUT2D eigenvalue weighted by atomic mass is 9.81. The van der Waals surface area contributed by atoms with Crippen LogP contribution in [-0.4, -0.2) is 29.6 Å². The number of hydrogen-bond donors (Lipinski definition) is 1. The molecule has 1 saturated carbocycles. The standard InChI is InChI=1S/C14H28N2/c1-11-6-7-13(3)16(9-11)14(10-15)8-4-5-12(14)2/h11-13H,4-10,15H2,1-3H3. The summed E-state index contributed by atoms with van der Waals surface area (Å²) in [5.74, 6) is 1.64. The fraction of sp³-hybridized carbons (Fsp3) is 1.00. The third-order valence-electron chi connectivity index (χ3n) is 5.21. The third kappa shape index (κ3) is 1.91. The van der Waals surface area contributed by atoms with Gasteiger partial charge in [-0.25, -0.2) is 0 Å². The Bertz CT molecular complexity index is 241. The Morgan fingerprint density at radius 3 is 2.50 bits per heavy atom. The molecule has 1 aliphatic carbocycles. The molecule has 94 valence electrons. The van der Waals surface area contributed by atoms with E-state index < -0.39 is 0 Å². The average Bonchev–Trinajstić information content (AvgIpc) is 2.64. The minimum absolute atomic E-state index is 0.327. The second kappa shape index (κ2) is 4.66. The van der Waals surface area contributed by atoms with E-state index in [4.69, 9.17) is 5.73 Å². The molecule has 4 unspecified atom stereocenters. The highest BCUT2D eigenvalue weighted by molar-refractivity contribution is 5.03. The zero-order valence-corrected chi connectivity index (χ0v) is 11.2. The summed E-state index contributed by atoms with van der Waals surface area (Å²) in [7, 11) is 0. The summed E-state index contributed by atoms with van der Waals surface area (Å²) < 4.78 is 0. The van der Waals surface area contributed by atoms with E-state index in [1.807, 2.05) is 0 Å². The van der Waals surface area contributed by atoms with E-state index in [2.05, 4.69) is 25.7 Å². The first-order chi connectivity index (χ1) is 7.60. The Labute approximate surface area is 101 Å². The molecular weight excluding hydrogens is 196 g/mol. The SMILES string of the molecule is CC1CCC(C)N(C2(CN)CCCC2C)C1. The normalized spacial score (nSPS) is 46.1. The molecule has 2 heteroatoms. The molecule has 0 radical (unpaired) electrons. The van der Waals surface area contributed by atoms with Crippen LogP contribution in [0.4, 0.5) is 0 Å². The van der Waals surface area contributed by atoms with Crippen LogP contribution in [0.15, 0.2) is 0 Å². The smallest absolute Gasteiger partial charge is 0.0360 e. The molecule has 2 N–H and O–H groups in total. The highest BCUT2D eigenvalue weighted by atomic mass is 15.2. The van der Waals surface area contributed by atoms with Gasteiger partial charge in [0.05, 0.1) is 0 Å². The van der Waals surface area contributed by atoms with E-state index in [1.54, 1.807) is 0 Å². The molecule has 0 aromatic carbocycles. The Morgan fingerprint density at radius 2 is 1.94 bits per heavy atom. The van der Waals surface area contributed by atoms with Crippen LogP contribution in [0.25, 0.3) is 0 Å². The zero-order chi connectivity index (χ0) is 11.8. The fourth-order valence-electron chi connectivity index (χ4n) is 3.99. The van der Waals surface area contributed by atoms with Crippen LogP contribution < -0.4 is 5.73 Å². The van der Waals surface area contributed by atoms with E-state index in [-0.39, 0.29) is 0 Å². The van der Waals surface area contributed by atoms with Gasteiger partial charge in [0.15, 0.2) is 0 Å². The Morgan fingerprint density at radius 1 is 1.19 bits per heavy atom. The Kier molecular flexibility index (Phi) is 3.60. The van der Waals surface area contributed by atoms with Crippen molar-refractivity contribution in [2.75, 3.05) is 13.1 Å². The van der Waals surface area contributed by atoms with Crippen LogP contribution in [0.1, 0.15) is 52.9 Å². The molecule has 1 aliphatic heterocycles. The summed E-state index contributed by atoms with van der Waals surface area (Å²) in [6.45, 7) is 9.32. The van der Waals surface area contributed by atoms with Crippen molar-refractivity contribution in [3.05, 3.63) is 0 Å². The lowest BCUT2D eigenvalue weighted by Gasteiger charge is -2.51. The summed E-state index contributed by atoms with van der Waals surface area (Å²) in [4.78, 5) is 2.76. The molecule has 0 aromatic rings. The number of hydrogen-bond acceptors (Lipinski definition) is 2. The number of nitrogens with two attached hydrogens (primary N) is 1. The maximum absolute atomic E-state index is 6.16. The molecule has 4 atom stereocenters. The molecule has 0 bridgehead atoms. The fourth-order valence-corrected chi connectivity index (χ4v) is 3.99. The van der Waals surface area contributed by atoms with Gasteiger partial charge in [-0.3, -0.25) is 4.90 Å². The van der Waals surface area contributed by atoms with Crippen LogP contribution >= 0.6 is 0 Å². The van der Waals surface area contributed by atoms with Gasteiger partial charge in [0.1, 0.15) is 0 Å². The summed E-state index contributed by atoms with van der Waals surface area (Å²) in [5.41, 5.74) is 6.48. The lowest BCUT2D eigenvalue weighted by molar-refractivity contribution is -0.00928. The van der Waals surface area contributed by atoms with Crippen LogP contribution in [0.2, 0.25) is 0 Å². The van der Waals surface area contributed by atoms with Crippen LogP contribution in [0.5, 0.6) is 0 Å². The molecular formula is C14H28N2. The first-order valence-electron chi connectivity index (χ1n) is 7.07. The molecule has 2 aliphatic rings. The lowest BCUT2D eigenvalue weighted by Crippen LogP contribution is -2.61. The second-order valence-electron chi connectivity index (χ2n) is 6.28. The molecule has 2 rings (SSSR count). The van der Waals surface area contributed by atoms with Crippen molar-refractivity contribution in [3.63, 3.8) is 0 Å². The van der Waals surface area contributed by atoms with Gasteiger partial charge in [0.25, 0.3) is 0 Å². The first-order valence-corrected chi connectivity index (χ1v) is 7.07. The molecule has 16 heavy (non-hydrogen) atoms. The summed E-state index contributed by atoms with van der Waals surface area (Å²) >= 11 is 0. The number of rotatable bonds is 2. The van der Waals surface area contributed by atoms with Crippen molar-refractivity contribution in [1.82, 2.24) is 4.90 Å². The quantitative estimate of drug-likeness (QED) is 0.781. The molecule has 0 amide bonds. The van der Waals surface area contributed by atoms with Gasteiger partial charge in [-0.2, -0.15) is 0 Å². The monoisotopic (exact) mass is 224 g/mol. The predicted molar refractivity (Wildman–Crippen MR) is 69.4 cm³/mol. The molecule has 1 saturated heterocycles. The van der Waals surface area contributed by atoms with Crippen LogP contribution in [0, 0.1) is 11.8 Å². The van der Waals surface area contributed by atoms with Crippen LogP contribution in [0.3, 0.4) is 0 Å². The Hall–Kier alpha value is -0.0800. The van der Waals surface area contributed by atoms with Crippen molar-refractivity contribution >= 4 is 0 Å². The summed E-state index contributed by atoms with van der Waals surface area (Å²) in [6, 6.07) is 0.736. The zero-order valence-electron chi connectivity index (χ0n) is 11.2. The van der Waals surface area contributed by atoms with E-state index in [1.165, 1.54) is 38.6 Å². The Balaban J connectivity index is 2.19. The van der Waals surface area contributed by atoms with Gasteiger partial charge < -0.3 is 5.73 Å². The highest BCUT2D eigenvalue weighted by Gasteiger charge is 2.46. The molecule has 0 aromatic heterocycles. The van der Waals surface area contributed by atoms with Crippen molar-refractivity contribution in [1.29, 1.82) is 0 Å². The van der Waals surface area contributed by atoms with Crippen molar-refractivity contribution in [2.24, 2.45) is 17.6 Å². The minimum Gasteiger partial charge on any atom is -0.329 e. The van der Waals surface area contributed by atoms with E-state index in [9.17, 15) is 0 Å².